The van der Waals surface area contributed by atoms with Crippen molar-refractivity contribution < 1.29 is 24.2 Å². The number of nitrogens with one attached hydrogen (secondary N) is 1. The molecule has 1 amide bonds. The van der Waals surface area contributed by atoms with Crippen LogP contribution in [0.1, 0.15) is 30.1 Å². The van der Waals surface area contributed by atoms with Gasteiger partial charge >= 0.3 is 5.97 Å². The molecule has 0 fully saturated rings. The average molecular weight is 296 g/mol. The molecular formula is C14H20N2O5. The Bertz CT molecular complexity index is 516. The highest BCUT2D eigenvalue weighted by atomic mass is 16.5. The summed E-state index contributed by atoms with van der Waals surface area (Å²) in [7, 11) is 1.41. The maximum absolute atomic E-state index is 11.6. The summed E-state index contributed by atoms with van der Waals surface area (Å²) in [6, 6.07) is 2.60. The molecule has 1 aromatic rings. The summed E-state index contributed by atoms with van der Waals surface area (Å²) in [6.07, 6.45) is 1.87. The zero-order valence-corrected chi connectivity index (χ0v) is 12.1. The lowest BCUT2D eigenvalue weighted by atomic mass is 10.1. The molecule has 0 spiro atoms. The number of rotatable bonds is 8. The molecule has 0 saturated carbocycles. The highest BCUT2D eigenvalue weighted by Gasteiger charge is 2.15. The van der Waals surface area contributed by atoms with Crippen LogP contribution < -0.4 is 20.5 Å². The summed E-state index contributed by atoms with van der Waals surface area (Å²) in [4.78, 5) is 22.6. The summed E-state index contributed by atoms with van der Waals surface area (Å²) < 4.78 is 10.4. The van der Waals surface area contributed by atoms with Crippen molar-refractivity contribution in [1.29, 1.82) is 0 Å². The van der Waals surface area contributed by atoms with Gasteiger partial charge in [0.1, 0.15) is 0 Å². The number of nitrogens with two attached hydrogens (primary N) is 1. The highest BCUT2D eigenvalue weighted by Crippen LogP contribution is 2.32. The van der Waals surface area contributed by atoms with Crippen LogP contribution in [-0.4, -0.2) is 37.2 Å². The van der Waals surface area contributed by atoms with E-state index < -0.39 is 5.97 Å². The Morgan fingerprint density at radius 3 is 2.62 bits per heavy atom. The third-order valence-corrected chi connectivity index (χ3v) is 2.78. The number of benzene rings is 1. The van der Waals surface area contributed by atoms with Crippen molar-refractivity contribution in [3.8, 4) is 11.5 Å². The topological polar surface area (TPSA) is 111 Å². The molecule has 0 unspecified atom stereocenters. The number of carbonyl (C=O) groups is 2. The second-order valence-corrected chi connectivity index (χ2v) is 4.39. The van der Waals surface area contributed by atoms with E-state index in [1.165, 1.54) is 19.2 Å². The van der Waals surface area contributed by atoms with Gasteiger partial charge in [0, 0.05) is 18.7 Å². The zero-order chi connectivity index (χ0) is 15.8. The molecule has 0 bridgehead atoms. The van der Waals surface area contributed by atoms with Gasteiger partial charge in [0.2, 0.25) is 0 Å². The molecule has 116 valence electrons. The van der Waals surface area contributed by atoms with Gasteiger partial charge in [-0.1, -0.05) is 13.3 Å². The minimum absolute atomic E-state index is 0.0686. The number of nitrogen functional groups attached to an aromatic ring is 1. The van der Waals surface area contributed by atoms with E-state index in [4.69, 9.17) is 20.3 Å². The molecule has 7 heteroatoms. The lowest BCUT2D eigenvalue weighted by molar-refractivity contribution is -0.123. The Labute approximate surface area is 123 Å². The van der Waals surface area contributed by atoms with E-state index >= 15 is 0 Å². The van der Waals surface area contributed by atoms with Crippen LogP contribution in [-0.2, 0) is 4.79 Å². The molecule has 1 rings (SSSR count). The van der Waals surface area contributed by atoms with E-state index in [1.807, 2.05) is 6.92 Å². The number of aromatic carboxylic acids is 1. The van der Waals surface area contributed by atoms with E-state index in [-0.39, 0.29) is 35.3 Å². The van der Waals surface area contributed by atoms with Crippen LogP contribution in [0.25, 0.3) is 0 Å². The number of hydrogen-bond acceptors (Lipinski definition) is 5. The van der Waals surface area contributed by atoms with Crippen LogP contribution in [0.5, 0.6) is 11.5 Å². The summed E-state index contributed by atoms with van der Waals surface area (Å²) in [5.74, 6) is -1.01. The van der Waals surface area contributed by atoms with Crippen LogP contribution in [0, 0.1) is 0 Å². The van der Waals surface area contributed by atoms with Crippen LogP contribution in [0.3, 0.4) is 0 Å². The Balaban J connectivity index is 2.75. The Hall–Kier alpha value is -2.44. The molecule has 7 nitrogen and oxygen atoms in total. The number of carboxylic acids is 1. The molecule has 0 radical (unpaired) electrons. The van der Waals surface area contributed by atoms with Gasteiger partial charge < -0.3 is 25.6 Å². The zero-order valence-electron chi connectivity index (χ0n) is 12.1. The molecule has 0 aliphatic rings. The molecule has 1 aromatic carbocycles. The summed E-state index contributed by atoms with van der Waals surface area (Å²) in [5, 5.41) is 11.7. The summed E-state index contributed by atoms with van der Waals surface area (Å²) in [6.45, 7) is 2.39. The average Bonchev–Trinajstić information content (AvgIpc) is 2.45. The molecule has 0 atom stereocenters. The Kier molecular flexibility index (Phi) is 6.32. The van der Waals surface area contributed by atoms with Crippen LogP contribution >= 0.6 is 0 Å². The second-order valence-electron chi connectivity index (χ2n) is 4.39. The smallest absolute Gasteiger partial charge is 0.337 e. The van der Waals surface area contributed by atoms with Crippen LogP contribution in [0.15, 0.2) is 12.1 Å². The van der Waals surface area contributed by atoms with Crippen molar-refractivity contribution in [2.45, 2.75) is 19.8 Å². The van der Waals surface area contributed by atoms with Gasteiger partial charge in [-0.2, -0.15) is 0 Å². The lowest BCUT2D eigenvalue weighted by Gasteiger charge is -2.13. The minimum atomic E-state index is -1.17. The number of amides is 1. The van der Waals surface area contributed by atoms with Gasteiger partial charge in [-0.05, 0) is 6.42 Å². The van der Waals surface area contributed by atoms with Gasteiger partial charge in [-0.15, -0.1) is 0 Å². The SMILES string of the molecule is CCCCNC(=O)COc1cc(C(=O)O)c(N)cc1OC. The van der Waals surface area contributed by atoms with Crippen molar-refractivity contribution in [3.05, 3.63) is 17.7 Å². The van der Waals surface area contributed by atoms with Gasteiger partial charge in [0.25, 0.3) is 5.91 Å². The maximum atomic E-state index is 11.6. The standard InChI is InChI=1S/C14H20N2O5/c1-3-4-5-16-13(17)8-21-12-6-9(14(18)19)10(15)7-11(12)20-2/h6-7H,3-5,8,15H2,1-2H3,(H,16,17)(H,18,19). The van der Waals surface area contributed by atoms with E-state index in [9.17, 15) is 9.59 Å². The molecule has 0 aromatic heterocycles. The molecule has 21 heavy (non-hydrogen) atoms. The van der Waals surface area contributed by atoms with Gasteiger partial charge in [-0.3, -0.25) is 4.79 Å². The fraction of sp³-hybridized carbons (Fsp3) is 0.429. The van der Waals surface area contributed by atoms with Crippen molar-refractivity contribution >= 4 is 17.6 Å². The molecule has 0 heterocycles. The number of methoxy groups -OCH3 is 1. The van der Waals surface area contributed by atoms with E-state index in [0.29, 0.717) is 6.54 Å². The third kappa shape index (κ3) is 4.87. The van der Waals surface area contributed by atoms with E-state index in [2.05, 4.69) is 5.32 Å². The number of carboxylic acid groups (broad SMARTS) is 1. The van der Waals surface area contributed by atoms with Gasteiger partial charge in [0.05, 0.1) is 18.4 Å². The lowest BCUT2D eigenvalue weighted by Crippen LogP contribution is -2.29. The maximum Gasteiger partial charge on any atom is 0.337 e. The van der Waals surface area contributed by atoms with Crippen LogP contribution in [0.4, 0.5) is 5.69 Å². The molecule has 0 saturated heterocycles. The predicted molar refractivity (Wildman–Crippen MR) is 77.8 cm³/mol. The Morgan fingerprint density at radius 2 is 2.05 bits per heavy atom. The monoisotopic (exact) mass is 296 g/mol. The fourth-order valence-electron chi connectivity index (χ4n) is 1.63. The second kappa shape index (κ2) is 7.98. The van der Waals surface area contributed by atoms with Crippen molar-refractivity contribution in [3.63, 3.8) is 0 Å². The number of ether oxygens (including phenoxy) is 2. The summed E-state index contributed by atoms with van der Waals surface area (Å²) >= 11 is 0. The quantitative estimate of drug-likeness (QED) is 0.492. The van der Waals surface area contributed by atoms with Crippen molar-refractivity contribution in [2.75, 3.05) is 26.0 Å². The van der Waals surface area contributed by atoms with Crippen LogP contribution in [0.2, 0.25) is 0 Å². The number of unbranched alkanes of at least 4 members (excludes halogenated alkanes) is 1. The molecular weight excluding hydrogens is 276 g/mol. The fourth-order valence-corrected chi connectivity index (χ4v) is 1.63. The van der Waals surface area contributed by atoms with Crippen molar-refractivity contribution in [2.24, 2.45) is 0 Å². The van der Waals surface area contributed by atoms with E-state index in [0.717, 1.165) is 12.8 Å². The Morgan fingerprint density at radius 1 is 1.33 bits per heavy atom. The normalized spacial score (nSPS) is 10.0. The third-order valence-electron chi connectivity index (χ3n) is 2.78. The first-order valence-electron chi connectivity index (χ1n) is 6.59. The molecule has 0 aliphatic carbocycles. The molecule has 4 N–H and O–H groups in total. The first-order valence-corrected chi connectivity index (χ1v) is 6.59. The van der Waals surface area contributed by atoms with E-state index in [1.54, 1.807) is 0 Å². The summed E-state index contributed by atoms with van der Waals surface area (Å²) in [5.41, 5.74) is 5.58. The number of anilines is 1. The largest absolute Gasteiger partial charge is 0.493 e. The van der Waals surface area contributed by atoms with Crippen molar-refractivity contribution in [1.82, 2.24) is 5.32 Å². The van der Waals surface area contributed by atoms with Gasteiger partial charge in [-0.25, -0.2) is 4.79 Å². The minimum Gasteiger partial charge on any atom is -0.493 e. The van der Waals surface area contributed by atoms with Gasteiger partial charge in [0.15, 0.2) is 18.1 Å². The molecule has 0 aliphatic heterocycles. The highest BCUT2D eigenvalue weighted by molar-refractivity contribution is 5.94. The predicted octanol–water partition coefficient (Wildman–Crippen LogP) is 1.27. The number of carbonyl (C=O) groups excluding carboxylic acids is 1. The first kappa shape index (κ1) is 16.6. The first-order chi connectivity index (χ1) is 9.99. The number of hydrogen-bond donors (Lipinski definition) is 3.